The van der Waals surface area contributed by atoms with E-state index >= 15 is 0 Å². The Labute approximate surface area is 137 Å². The van der Waals surface area contributed by atoms with E-state index in [0.717, 1.165) is 24.0 Å². The fourth-order valence-electron chi connectivity index (χ4n) is 3.05. The molecule has 0 radical (unpaired) electrons. The largest absolute Gasteiger partial charge is 0.269 e. The highest BCUT2D eigenvalue weighted by Gasteiger charge is 2.21. The van der Waals surface area contributed by atoms with E-state index in [9.17, 15) is 10.1 Å². The van der Waals surface area contributed by atoms with Crippen LogP contribution in [-0.2, 0) is 6.42 Å². The van der Waals surface area contributed by atoms with Crippen molar-refractivity contribution >= 4 is 5.69 Å². The number of hydrogen-bond donors (Lipinski definition) is 0. The Morgan fingerprint density at radius 3 is 2.26 bits per heavy atom. The second-order valence-electron chi connectivity index (χ2n) is 6.28. The van der Waals surface area contributed by atoms with Crippen LogP contribution in [0.15, 0.2) is 66.7 Å². The summed E-state index contributed by atoms with van der Waals surface area (Å²) in [6, 6.07) is 17.3. The average molecular weight is 309 g/mol. The molecule has 2 rings (SSSR count). The van der Waals surface area contributed by atoms with Gasteiger partial charge in [0.1, 0.15) is 0 Å². The number of allylic oxidation sites excluding steroid dienone is 1. The lowest BCUT2D eigenvalue weighted by molar-refractivity contribution is -0.384. The number of non-ortho nitro benzene ring substituents is 1. The average Bonchev–Trinajstić information content (AvgIpc) is 2.53. The van der Waals surface area contributed by atoms with Gasteiger partial charge in [-0.2, -0.15) is 0 Å². The van der Waals surface area contributed by atoms with E-state index in [-0.39, 0.29) is 10.6 Å². The molecule has 0 aliphatic heterocycles. The molecule has 3 heteroatoms. The van der Waals surface area contributed by atoms with Crippen LogP contribution in [0.3, 0.4) is 0 Å². The van der Waals surface area contributed by atoms with Crippen molar-refractivity contribution < 1.29 is 4.92 Å². The number of nitrogens with zero attached hydrogens (tertiary/aromatic N) is 1. The van der Waals surface area contributed by atoms with Crippen LogP contribution in [0, 0.1) is 16.0 Å². The molecular weight excluding hydrogens is 286 g/mol. The van der Waals surface area contributed by atoms with E-state index in [1.807, 2.05) is 37.3 Å². The maximum absolute atomic E-state index is 10.8. The minimum absolute atomic E-state index is 0.139. The smallest absolute Gasteiger partial charge is 0.258 e. The van der Waals surface area contributed by atoms with Gasteiger partial charge in [-0.1, -0.05) is 55.0 Å². The van der Waals surface area contributed by atoms with E-state index in [1.165, 1.54) is 5.56 Å². The zero-order valence-corrected chi connectivity index (χ0v) is 13.7. The van der Waals surface area contributed by atoms with Crippen molar-refractivity contribution in [3.63, 3.8) is 0 Å². The Morgan fingerprint density at radius 1 is 1.13 bits per heavy atom. The van der Waals surface area contributed by atoms with Crippen molar-refractivity contribution in [3.8, 4) is 0 Å². The number of nitro benzene ring substituents is 1. The summed E-state index contributed by atoms with van der Waals surface area (Å²) in [6.07, 6.45) is 1.88. The van der Waals surface area contributed by atoms with Crippen molar-refractivity contribution in [1.29, 1.82) is 0 Å². The highest BCUT2D eigenvalue weighted by atomic mass is 16.6. The molecule has 0 saturated carbocycles. The van der Waals surface area contributed by atoms with Crippen LogP contribution >= 0.6 is 0 Å². The molecule has 0 spiro atoms. The molecule has 0 fully saturated rings. The van der Waals surface area contributed by atoms with Crippen LogP contribution in [0.2, 0.25) is 0 Å². The summed E-state index contributed by atoms with van der Waals surface area (Å²) in [7, 11) is 0. The summed E-state index contributed by atoms with van der Waals surface area (Å²) in [4.78, 5) is 10.5. The number of rotatable bonds is 7. The molecule has 0 aromatic heterocycles. The lowest BCUT2D eigenvalue weighted by Crippen LogP contribution is -2.13. The molecule has 0 N–H and O–H groups in total. The second kappa shape index (κ2) is 7.73. The number of benzene rings is 2. The maximum Gasteiger partial charge on any atom is 0.269 e. The van der Waals surface area contributed by atoms with E-state index in [1.54, 1.807) is 12.1 Å². The molecule has 2 aromatic rings. The molecule has 2 unspecified atom stereocenters. The summed E-state index contributed by atoms with van der Waals surface area (Å²) in [5.41, 5.74) is 3.73. The first-order valence-electron chi connectivity index (χ1n) is 7.90. The fourth-order valence-corrected chi connectivity index (χ4v) is 3.05. The third kappa shape index (κ3) is 4.78. The zero-order chi connectivity index (χ0) is 16.8. The normalized spacial score (nSPS) is 13.3. The van der Waals surface area contributed by atoms with Crippen LogP contribution in [0.1, 0.15) is 37.3 Å². The minimum Gasteiger partial charge on any atom is -0.258 e. The van der Waals surface area contributed by atoms with Gasteiger partial charge in [0.2, 0.25) is 0 Å². The fraction of sp³-hybridized carbons (Fsp3) is 0.300. The summed E-state index contributed by atoms with van der Waals surface area (Å²) in [6.45, 7) is 8.30. The Balaban J connectivity index is 2.28. The van der Waals surface area contributed by atoms with E-state index in [0.29, 0.717) is 11.8 Å². The van der Waals surface area contributed by atoms with Crippen LogP contribution in [0.5, 0.6) is 0 Å². The predicted molar refractivity (Wildman–Crippen MR) is 94.6 cm³/mol. The minimum atomic E-state index is -0.354. The summed E-state index contributed by atoms with van der Waals surface area (Å²) in [5.74, 6) is 0.740. The molecule has 2 aromatic carbocycles. The van der Waals surface area contributed by atoms with E-state index in [4.69, 9.17) is 0 Å². The lowest BCUT2D eigenvalue weighted by Gasteiger charge is -2.25. The topological polar surface area (TPSA) is 43.1 Å². The van der Waals surface area contributed by atoms with Crippen molar-refractivity contribution in [2.75, 3.05) is 0 Å². The highest BCUT2D eigenvalue weighted by molar-refractivity contribution is 5.35. The van der Waals surface area contributed by atoms with Crippen LogP contribution < -0.4 is 0 Å². The lowest BCUT2D eigenvalue weighted by atomic mass is 9.80. The van der Waals surface area contributed by atoms with Crippen molar-refractivity contribution in [2.45, 2.75) is 32.6 Å². The van der Waals surface area contributed by atoms with Gasteiger partial charge in [-0.05, 0) is 42.7 Å². The van der Waals surface area contributed by atoms with Gasteiger partial charge in [0.05, 0.1) is 4.92 Å². The first-order chi connectivity index (χ1) is 11.0. The first-order valence-corrected chi connectivity index (χ1v) is 7.90. The van der Waals surface area contributed by atoms with Gasteiger partial charge in [-0.15, -0.1) is 6.58 Å². The molecule has 23 heavy (non-hydrogen) atoms. The standard InChI is InChI=1S/C20H23NO2/c1-15(2)13-16(3)20(14-17-7-5-4-6-8-17)18-9-11-19(12-10-18)21(22)23/h4-12,16,20H,1,13-14H2,2-3H3. The maximum atomic E-state index is 10.8. The van der Waals surface area contributed by atoms with Gasteiger partial charge in [-0.25, -0.2) is 0 Å². The van der Waals surface area contributed by atoms with Gasteiger partial charge in [0.25, 0.3) is 5.69 Å². The zero-order valence-electron chi connectivity index (χ0n) is 13.7. The molecular formula is C20H23NO2. The monoisotopic (exact) mass is 309 g/mol. The molecule has 0 aliphatic carbocycles. The molecule has 0 aliphatic rings. The van der Waals surface area contributed by atoms with Crippen molar-refractivity contribution in [1.82, 2.24) is 0 Å². The number of nitro groups is 1. The SMILES string of the molecule is C=C(C)CC(C)C(Cc1ccccc1)c1ccc([N+](=O)[O-])cc1. The van der Waals surface area contributed by atoms with Gasteiger partial charge in [0.15, 0.2) is 0 Å². The second-order valence-corrected chi connectivity index (χ2v) is 6.28. The number of hydrogen-bond acceptors (Lipinski definition) is 2. The van der Waals surface area contributed by atoms with Crippen molar-refractivity contribution in [3.05, 3.63) is 88.0 Å². The highest BCUT2D eigenvalue weighted by Crippen LogP contribution is 2.33. The van der Waals surface area contributed by atoms with Gasteiger partial charge < -0.3 is 0 Å². The molecule has 0 bridgehead atoms. The van der Waals surface area contributed by atoms with E-state index < -0.39 is 0 Å². The molecule has 2 atom stereocenters. The molecule has 0 saturated heterocycles. The Kier molecular flexibility index (Phi) is 5.69. The Hall–Kier alpha value is -2.42. The van der Waals surface area contributed by atoms with Crippen molar-refractivity contribution in [2.24, 2.45) is 5.92 Å². The Morgan fingerprint density at radius 2 is 1.74 bits per heavy atom. The Bertz CT molecular complexity index is 662. The third-order valence-electron chi connectivity index (χ3n) is 4.19. The van der Waals surface area contributed by atoms with Crippen LogP contribution in [-0.4, -0.2) is 4.92 Å². The first kappa shape index (κ1) is 16.9. The molecule has 0 heterocycles. The third-order valence-corrected chi connectivity index (χ3v) is 4.19. The summed E-state index contributed by atoms with van der Waals surface area (Å²) in [5, 5.41) is 10.8. The van der Waals surface area contributed by atoms with Gasteiger partial charge in [0, 0.05) is 12.1 Å². The van der Waals surface area contributed by atoms with Gasteiger partial charge >= 0.3 is 0 Å². The van der Waals surface area contributed by atoms with Crippen LogP contribution in [0.25, 0.3) is 0 Å². The summed E-state index contributed by atoms with van der Waals surface area (Å²) >= 11 is 0. The van der Waals surface area contributed by atoms with E-state index in [2.05, 4.69) is 25.6 Å². The molecule has 120 valence electrons. The van der Waals surface area contributed by atoms with Crippen LogP contribution in [0.4, 0.5) is 5.69 Å². The quantitative estimate of drug-likeness (QED) is 0.384. The van der Waals surface area contributed by atoms with Gasteiger partial charge in [-0.3, -0.25) is 10.1 Å². The summed E-state index contributed by atoms with van der Waals surface area (Å²) < 4.78 is 0. The molecule has 0 amide bonds. The molecule has 3 nitrogen and oxygen atoms in total. The predicted octanol–water partition coefficient (Wildman–Crippen LogP) is 5.52.